The van der Waals surface area contributed by atoms with Crippen LogP contribution >= 0.6 is 0 Å². The highest BCUT2D eigenvalue weighted by atomic mass is 32.2. The minimum atomic E-state index is -3.31. The van der Waals surface area contributed by atoms with Gasteiger partial charge in [-0.05, 0) is 25.1 Å². The number of rotatable bonds is 6. The maximum Gasteiger partial charge on any atom is 0.222 e. The molecular weight excluding hydrogens is 332 g/mol. The molecule has 0 spiro atoms. The number of hydrogen-bond donors (Lipinski definition) is 1. The number of hydrogen-bond acceptors (Lipinski definition) is 5. The predicted molar refractivity (Wildman–Crippen MR) is 86.3 cm³/mol. The zero-order chi connectivity index (χ0) is 17.2. The van der Waals surface area contributed by atoms with Gasteiger partial charge in [0.05, 0.1) is 43.3 Å². The third kappa shape index (κ3) is 3.51. The Morgan fingerprint density at radius 2 is 2.29 bits per heavy atom. The first-order valence-electron chi connectivity index (χ1n) is 7.79. The van der Waals surface area contributed by atoms with Gasteiger partial charge in [-0.15, -0.1) is 0 Å². The molecule has 1 amide bonds. The van der Waals surface area contributed by atoms with E-state index in [1.165, 1.54) is 4.31 Å². The quantitative estimate of drug-likeness (QED) is 0.833. The van der Waals surface area contributed by atoms with Crippen molar-refractivity contribution in [1.82, 2.24) is 19.4 Å². The van der Waals surface area contributed by atoms with E-state index < -0.39 is 10.0 Å². The molecule has 3 heterocycles. The van der Waals surface area contributed by atoms with Gasteiger partial charge >= 0.3 is 0 Å². The fourth-order valence-corrected chi connectivity index (χ4v) is 3.88. The van der Waals surface area contributed by atoms with E-state index in [0.717, 1.165) is 5.69 Å². The van der Waals surface area contributed by atoms with Crippen molar-refractivity contribution in [1.29, 1.82) is 0 Å². The van der Waals surface area contributed by atoms with Crippen LogP contribution in [0.3, 0.4) is 0 Å². The van der Waals surface area contributed by atoms with Crippen molar-refractivity contribution in [3.05, 3.63) is 42.1 Å². The van der Waals surface area contributed by atoms with Crippen LogP contribution in [0.5, 0.6) is 0 Å². The molecule has 1 aliphatic rings. The van der Waals surface area contributed by atoms with Gasteiger partial charge in [0, 0.05) is 12.7 Å². The maximum absolute atomic E-state index is 12.2. The molecule has 0 fully saturated rings. The Hall–Kier alpha value is -2.13. The molecule has 1 N–H and O–H groups in total. The number of furan rings is 1. The van der Waals surface area contributed by atoms with E-state index in [2.05, 4.69) is 10.4 Å². The fraction of sp³-hybridized carbons (Fsp3) is 0.467. The minimum Gasteiger partial charge on any atom is -0.467 e. The Labute approximate surface area is 140 Å². The largest absolute Gasteiger partial charge is 0.467 e. The molecule has 9 heteroatoms. The van der Waals surface area contributed by atoms with Crippen LogP contribution in [-0.2, 0) is 27.9 Å². The standard InChI is InChI=1S/C15H20N4O4S/c1-2-24(21,22)18-10-12-5-6-17-19(12)13(11-18)8-15(20)16-9-14-4-3-7-23-14/h3-7,13H,2,8-11H2,1H3,(H,16,20)/t13-/m1/s1. The van der Waals surface area contributed by atoms with E-state index in [1.807, 2.05) is 0 Å². The molecule has 2 aromatic heterocycles. The summed E-state index contributed by atoms with van der Waals surface area (Å²) in [6.07, 6.45) is 3.34. The van der Waals surface area contributed by atoms with Gasteiger partial charge in [-0.3, -0.25) is 9.48 Å². The summed E-state index contributed by atoms with van der Waals surface area (Å²) < 4.78 is 32.7. The second kappa shape index (κ2) is 6.78. The molecule has 0 aliphatic carbocycles. The zero-order valence-corrected chi connectivity index (χ0v) is 14.2. The highest BCUT2D eigenvalue weighted by molar-refractivity contribution is 7.89. The lowest BCUT2D eigenvalue weighted by atomic mass is 10.1. The van der Waals surface area contributed by atoms with Crippen molar-refractivity contribution in [3.63, 3.8) is 0 Å². The molecule has 3 rings (SSSR count). The van der Waals surface area contributed by atoms with Gasteiger partial charge in [-0.1, -0.05) is 0 Å². The summed E-state index contributed by atoms with van der Waals surface area (Å²) in [5.74, 6) is 0.536. The molecule has 0 unspecified atom stereocenters. The number of sulfonamides is 1. The summed E-state index contributed by atoms with van der Waals surface area (Å²) in [7, 11) is -3.31. The molecule has 0 radical (unpaired) electrons. The lowest BCUT2D eigenvalue weighted by Crippen LogP contribution is -2.43. The van der Waals surface area contributed by atoms with Crippen LogP contribution in [0.4, 0.5) is 0 Å². The van der Waals surface area contributed by atoms with Gasteiger partial charge in [0.2, 0.25) is 15.9 Å². The average molecular weight is 352 g/mol. The normalized spacial score (nSPS) is 18.3. The van der Waals surface area contributed by atoms with Crippen molar-refractivity contribution in [3.8, 4) is 0 Å². The third-order valence-electron chi connectivity index (χ3n) is 4.07. The average Bonchev–Trinajstić information content (AvgIpc) is 3.24. The number of amides is 1. The first kappa shape index (κ1) is 16.7. The van der Waals surface area contributed by atoms with Gasteiger partial charge in [0.15, 0.2) is 0 Å². The van der Waals surface area contributed by atoms with Gasteiger partial charge in [-0.2, -0.15) is 9.40 Å². The van der Waals surface area contributed by atoms with E-state index in [0.29, 0.717) is 18.8 Å². The number of nitrogens with one attached hydrogen (secondary N) is 1. The smallest absolute Gasteiger partial charge is 0.222 e. The van der Waals surface area contributed by atoms with E-state index in [1.54, 1.807) is 42.3 Å². The molecule has 0 saturated heterocycles. The number of carbonyl (C=O) groups excluding carboxylic acids is 1. The summed E-state index contributed by atoms with van der Waals surface area (Å²) in [6.45, 7) is 2.47. The summed E-state index contributed by atoms with van der Waals surface area (Å²) in [6, 6.07) is 5.00. The monoisotopic (exact) mass is 352 g/mol. The highest BCUT2D eigenvalue weighted by Gasteiger charge is 2.32. The van der Waals surface area contributed by atoms with Crippen molar-refractivity contribution >= 4 is 15.9 Å². The third-order valence-corrected chi connectivity index (χ3v) is 5.86. The zero-order valence-electron chi connectivity index (χ0n) is 13.4. The summed E-state index contributed by atoms with van der Waals surface area (Å²) in [4.78, 5) is 12.2. The van der Waals surface area contributed by atoms with Crippen LogP contribution in [0.25, 0.3) is 0 Å². The number of fused-ring (bicyclic) bond motifs is 1. The molecule has 0 aromatic carbocycles. The molecule has 0 bridgehead atoms. The Balaban J connectivity index is 1.68. The van der Waals surface area contributed by atoms with E-state index in [4.69, 9.17) is 4.42 Å². The van der Waals surface area contributed by atoms with Gasteiger partial charge < -0.3 is 9.73 Å². The first-order valence-corrected chi connectivity index (χ1v) is 9.40. The molecule has 1 aliphatic heterocycles. The van der Waals surface area contributed by atoms with E-state index >= 15 is 0 Å². The topological polar surface area (TPSA) is 97.4 Å². The molecule has 0 saturated carbocycles. The van der Waals surface area contributed by atoms with E-state index in [9.17, 15) is 13.2 Å². The van der Waals surface area contributed by atoms with Crippen molar-refractivity contribution in [2.75, 3.05) is 12.3 Å². The van der Waals surface area contributed by atoms with Crippen molar-refractivity contribution in [2.24, 2.45) is 0 Å². The molecule has 1 atom stereocenters. The van der Waals surface area contributed by atoms with Gasteiger partial charge in [-0.25, -0.2) is 8.42 Å². The Morgan fingerprint density at radius 3 is 3.00 bits per heavy atom. The Morgan fingerprint density at radius 1 is 1.46 bits per heavy atom. The number of aromatic nitrogens is 2. The second-order valence-corrected chi connectivity index (χ2v) is 7.93. The fourth-order valence-electron chi connectivity index (χ4n) is 2.78. The lowest BCUT2D eigenvalue weighted by Gasteiger charge is -2.32. The number of nitrogens with zero attached hydrogens (tertiary/aromatic N) is 3. The highest BCUT2D eigenvalue weighted by Crippen LogP contribution is 2.25. The van der Waals surface area contributed by atoms with Crippen molar-refractivity contribution in [2.45, 2.75) is 32.5 Å². The number of carbonyl (C=O) groups is 1. The van der Waals surface area contributed by atoms with Crippen LogP contribution in [-0.4, -0.2) is 40.7 Å². The van der Waals surface area contributed by atoms with Crippen LogP contribution in [0.1, 0.15) is 30.8 Å². The first-order chi connectivity index (χ1) is 11.5. The van der Waals surface area contributed by atoms with E-state index in [-0.39, 0.29) is 30.7 Å². The molecular formula is C15H20N4O4S. The summed E-state index contributed by atoms with van der Waals surface area (Å²) >= 11 is 0. The van der Waals surface area contributed by atoms with Crippen LogP contribution in [0.15, 0.2) is 35.1 Å². The van der Waals surface area contributed by atoms with Crippen LogP contribution < -0.4 is 5.32 Å². The van der Waals surface area contributed by atoms with Crippen molar-refractivity contribution < 1.29 is 17.6 Å². The predicted octanol–water partition coefficient (Wildman–Crippen LogP) is 0.889. The molecule has 130 valence electrons. The Kier molecular flexibility index (Phi) is 4.72. The molecule has 2 aromatic rings. The summed E-state index contributed by atoms with van der Waals surface area (Å²) in [5.41, 5.74) is 0.794. The SMILES string of the molecule is CCS(=O)(=O)N1Cc2ccnn2[C@H](CC(=O)NCc2ccco2)C1. The Bertz CT molecular complexity index is 797. The molecule has 8 nitrogen and oxygen atoms in total. The summed E-state index contributed by atoms with van der Waals surface area (Å²) in [5, 5.41) is 7.02. The van der Waals surface area contributed by atoms with Gasteiger partial charge in [0.25, 0.3) is 0 Å². The van der Waals surface area contributed by atoms with Crippen LogP contribution in [0, 0.1) is 0 Å². The minimum absolute atomic E-state index is 0.0402. The maximum atomic E-state index is 12.2. The molecule has 24 heavy (non-hydrogen) atoms. The van der Waals surface area contributed by atoms with Gasteiger partial charge in [0.1, 0.15) is 5.76 Å². The second-order valence-electron chi connectivity index (χ2n) is 5.67. The lowest BCUT2D eigenvalue weighted by molar-refractivity contribution is -0.122. The van der Waals surface area contributed by atoms with Crippen LogP contribution in [0.2, 0.25) is 0 Å².